The van der Waals surface area contributed by atoms with Crippen molar-refractivity contribution in [1.82, 2.24) is 0 Å². The highest BCUT2D eigenvalue weighted by molar-refractivity contribution is 7.07. The van der Waals surface area contributed by atoms with Crippen molar-refractivity contribution in [2.75, 3.05) is 0 Å². The lowest BCUT2D eigenvalue weighted by Gasteiger charge is -2.19. The van der Waals surface area contributed by atoms with Crippen molar-refractivity contribution < 1.29 is 0 Å². The molecular weight excluding hydrogens is 214 g/mol. The van der Waals surface area contributed by atoms with Crippen molar-refractivity contribution in [3.05, 3.63) is 58.3 Å². The van der Waals surface area contributed by atoms with Crippen molar-refractivity contribution >= 4 is 11.3 Å². The summed E-state index contributed by atoms with van der Waals surface area (Å²) in [5.74, 6) is 0.469. The molecule has 0 bridgehead atoms. The Hall–Kier alpha value is -1.12. The Morgan fingerprint density at radius 1 is 1.19 bits per heavy atom. The summed E-state index contributed by atoms with van der Waals surface area (Å²) in [6, 6.07) is 12.6. The van der Waals surface area contributed by atoms with Gasteiger partial charge in [0, 0.05) is 6.04 Å². The van der Waals surface area contributed by atoms with Crippen LogP contribution in [-0.4, -0.2) is 0 Å². The predicted octanol–water partition coefficient (Wildman–Crippen LogP) is 3.63. The van der Waals surface area contributed by atoms with Crippen molar-refractivity contribution in [3.63, 3.8) is 0 Å². The maximum Gasteiger partial charge on any atom is 0.0324 e. The predicted molar refractivity (Wildman–Crippen MR) is 70.6 cm³/mol. The average Bonchev–Trinajstić information content (AvgIpc) is 2.82. The van der Waals surface area contributed by atoms with Crippen LogP contribution in [0, 0.1) is 5.92 Å². The smallest absolute Gasteiger partial charge is 0.0324 e. The van der Waals surface area contributed by atoms with E-state index in [1.165, 1.54) is 11.1 Å². The fourth-order valence-electron chi connectivity index (χ4n) is 1.91. The van der Waals surface area contributed by atoms with Crippen LogP contribution in [0.3, 0.4) is 0 Å². The minimum Gasteiger partial charge on any atom is -0.324 e. The molecular formula is C14H17NS. The highest BCUT2D eigenvalue weighted by Crippen LogP contribution is 2.23. The molecule has 2 rings (SSSR count). The maximum absolute atomic E-state index is 6.26. The number of thiophene rings is 1. The fraction of sp³-hybridized carbons (Fsp3) is 0.286. The van der Waals surface area contributed by atoms with E-state index in [2.05, 4.69) is 35.9 Å². The second kappa shape index (κ2) is 5.28. The molecule has 0 spiro atoms. The average molecular weight is 231 g/mol. The third kappa shape index (κ3) is 2.71. The minimum atomic E-state index is 0.126. The molecule has 1 aromatic carbocycles. The fourth-order valence-corrected chi connectivity index (χ4v) is 2.59. The Balaban J connectivity index is 2.02. The summed E-state index contributed by atoms with van der Waals surface area (Å²) in [6.07, 6.45) is 1.06. The second-order valence-electron chi connectivity index (χ2n) is 4.25. The van der Waals surface area contributed by atoms with E-state index < -0.39 is 0 Å². The molecule has 2 heteroatoms. The zero-order valence-electron chi connectivity index (χ0n) is 9.47. The monoisotopic (exact) mass is 231 g/mol. The van der Waals surface area contributed by atoms with Gasteiger partial charge >= 0.3 is 0 Å². The molecule has 84 valence electrons. The lowest BCUT2D eigenvalue weighted by atomic mass is 9.91. The van der Waals surface area contributed by atoms with Gasteiger partial charge in [-0.15, -0.1) is 0 Å². The van der Waals surface area contributed by atoms with Gasteiger partial charge in [-0.3, -0.25) is 0 Å². The lowest BCUT2D eigenvalue weighted by Crippen LogP contribution is -2.20. The van der Waals surface area contributed by atoms with E-state index in [-0.39, 0.29) is 6.04 Å². The van der Waals surface area contributed by atoms with Crippen LogP contribution >= 0.6 is 11.3 Å². The zero-order valence-corrected chi connectivity index (χ0v) is 10.3. The highest BCUT2D eigenvalue weighted by Gasteiger charge is 2.14. The maximum atomic E-state index is 6.26. The molecule has 0 aliphatic rings. The molecule has 0 saturated heterocycles. The third-order valence-corrected chi connectivity index (χ3v) is 3.67. The van der Waals surface area contributed by atoms with Crippen LogP contribution < -0.4 is 5.73 Å². The van der Waals surface area contributed by atoms with Crippen molar-refractivity contribution in [2.45, 2.75) is 19.4 Å². The molecule has 1 nitrogen and oxygen atoms in total. The van der Waals surface area contributed by atoms with Gasteiger partial charge in [0.2, 0.25) is 0 Å². The van der Waals surface area contributed by atoms with Crippen LogP contribution in [0.2, 0.25) is 0 Å². The Morgan fingerprint density at radius 2 is 1.94 bits per heavy atom. The Kier molecular flexibility index (Phi) is 3.75. The molecule has 2 aromatic rings. The van der Waals surface area contributed by atoms with Gasteiger partial charge < -0.3 is 5.73 Å². The molecule has 16 heavy (non-hydrogen) atoms. The Morgan fingerprint density at radius 3 is 2.56 bits per heavy atom. The first-order chi connectivity index (χ1) is 7.77. The minimum absolute atomic E-state index is 0.126. The topological polar surface area (TPSA) is 26.0 Å². The number of nitrogens with two attached hydrogens (primary N) is 1. The van der Waals surface area contributed by atoms with Gasteiger partial charge in [-0.2, -0.15) is 11.3 Å². The SMILES string of the molecule is CC(Cc1ccsc1)C(N)c1ccccc1. The van der Waals surface area contributed by atoms with Crippen LogP contribution in [0.4, 0.5) is 0 Å². The van der Waals surface area contributed by atoms with E-state index in [1.807, 2.05) is 18.2 Å². The van der Waals surface area contributed by atoms with Gasteiger partial charge in [-0.25, -0.2) is 0 Å². The molecule has 1 heterocycles. The number of hydrogen-bond acceptors (Lipinski definition) is 2. The summed E-state index contributed by atoms with van der Waals surface area (Å²) in [7, 11) is 0. The summed E-state index contributed by atoms with van der Waals surface area (Å²) < 4.78 is 0. The van der Waals surface area contributed by atoms with Crippen LogP contribution in [0.1, 0.15) is 24.1 Å². The number of rotatable bonds is 4. The van der Waals surface area contributed by atoms with Gasteiger partial charge in [0.05, 0.1) is 0 Å². The first-order valence-electron chi connectivity index (χ1n) is 5.59. The molecule has 0 amide bonds. The number of hydrogen-bond donors (Lipinski definition) is 1. The van der Waals surface area contributed by atoms with E-state index in [4.69, 9.17) is 5.73 Å². The zero-order chi connectivity index (χ0) is 11.4. The van der Waals surface area contributed by atoms with Crippen LogP contribution in [0.15, 0.2) is 47.2 Å². The molecule has 0 saturated carbocycles. The lowest BCUT2D eigenvalue weighted by molar-refractivity contribution is 0.469. The van der Waals surface area contributed by atoms with Gasteiger partial charge in [0.15, 0.2) is 0 Å². The quantitative estimate of drug-likeness (QED) is 0.854. The first kappa shape index (κ1) is 11.4. The molecule has 1 aromatic heterocycles. The molecule has 0 radical (unpaired) electrons. The summed E-state index contributed by atoms with van der Waals surface area (Å²) in [5, 5.41) is 4.32. The van der Waals surface area contributed by atoms with Crippen molar-refractivity contribution in [1.29, 1.82) is 0 Å². The normalized spacial score (nSPS) is 14.6. The molecule has 0 fully saturated rings. The van der Waals surface area contributed by atoms with Crippen molar-refractivity contribution in [2.24, 2.45) is 11.7 Å². The highest BCUT2D eigenvalue weighted by atomic mass is 32.1. The van der Waals surface area contributed by atoms with Crippen LogP contribution in [0.5, 0.6) is 0 Å². The van der Waals surface area contributed by atoms with Crippen LogP contribution in [-0.2, 0) is 6.42 Å². The van der Waals surface area contributed by atoms with Gasteiger partial charge in [-0.05, 0) is 40.3 Å². The second-order valence-corrected chi connectivity index (χ2v) is 5.03. The standard InChI is InChI=1S/C14H17NS/c1-11(9-12-7-8-16-10-12)14(15)13-5-3-2-4-6-13/h2-8,10-11,14H,9,15H2,1H3. The van der Waals surface area contributed by atoms with E-state index in [0.717, 1.165) is 6.42 Å². The Labute approximate surface area is 101 Å². The molecule has 0 aliphatic carbocycles. The summed E-state index contributed by atoms with van der Waals surface area (Å²) in [6.45, 7) is 2.22. The van der Waals surface area contributed by atoms with Gasteiger partial charge in [-0.1, -0.05) is 37.3 Å². The molecule has 2 atom stereocenters. The molecule has 0 aliphatic heterocycles. The first-order valence-corrected chi connectivity index (χ1v) is 6.53. The van der Waals surface area contributed by atoms with E-state index in [0.29, 0.717) is 5.92 Å². The van der Waals surface area contributed by atoms with Gasteiger partial charge in [0.1, 0.15) is 0 Å². The summed E-state index contributed by atoms with van der Waals surface area (Å²) in [5.41, 5.74) is 8.88. The van der Waals surface area contributed by atoms with Gasteiger partial charge in [0.25, 0.3) is 0 Å². The van der Waals surface area contributed by atoms with Crippen LogP contribution in [0.25, 0.3) is 0 Å². The third-order valence-electron chi connectivity index (χ3n) is 2.94. The van der Waals surface area contributed by atoms with E-state index in [9.17, 15) is 0 Å². The summed E-state index contributed by atoms with van der Waals surface area (Å²) in [4.78, 5) is 0. The number of benzene rings is 1. The van der Waals surface area contributed by atoms with Crippen molar-refractivity contribution in [3.8, 4) is 0 Å². The van der Waals surface area contributed by atoms with E-state index >= 15 is 0 Å². The van der Waals surface area contributed by atoms with E-state index in [1.54, 1.807) is 11.3 Å². The Bertz CT molecular complexity index is 408. The summed E-state index contributed by atoms with van der Waals surface area (Å²) >= 11 is 1.75. The molecule has 2 unspecified atom stereocenters. The largest absolute Gasteiger partial charge is 0.324 e. The molecule has 2 N–H and O–H groups in total.